The van der Waals surface area contributed by atoms with Gasteiger partial charge in [-0.1, -0.05) is 26.0 Å². The molecule has 0 amide bonds. The van der Waals surface area contributed by atoms with Gasteiger partial charge in [-0.05, 0) is 92.0 Å². The molecule has 1 saturated carbocycles. The minimum Gasteiger partial charge on any atom is -0.508 e. The van der Waals surface area contributed by atoms with Crippen LogP contribution in [0, 0.1) is 36.0 Å². The van der Waals surface area contributed by atoms with Crippen LogP contribution in [0.25, 0.3) is 0 Å². The van der Waals surface area contributed by atoms with Crippen molar-refractivity contribution in [2.75, 3.05) is 7.11 Å². The lowest BCUT2D eigenvalue weighted by Crippen LogP contribution is -2.44. The number of ketones is 1. The third-order valence-electron chi connectivity index (χ3n) is 7.67. The van der Waals surface area contributed by atoms with E-state index in [-0.39, 0.29) is 17.2 Å². The fourth-order valence-corrected chi connectivity index (χ4v) is 5.85. The van der Waals surface area contributed by atoms with Crippen molar-refractivity contribution < 1.29 is 19.4 Å². The molecule has 3 unspecified atom stereocenters. The number of hydrogen-bond donors (Lipinski definition) is 1. The molecule has 5 atom stereocenters. The number of benzene rings is 1. The molecule has 1 aromatic carbocycles. The largest absolute Gasteiger partial charge is 0.508 e. The molecule has 0 heterocycles. The third-order valence-corrected chi connectivity index (χ3v) is 7.67. The number of carbonyl (C=O) groups excluding carboxylic acids is 2. The molecule has 0 spiro atoms. The van der Waals surface area contributed by atoms with E-state index in [4.69, 9.17) is 4.74 Å². The van der Waals surface area contributed by atoms with E-state index in [1.807, 2.05) is 18.2 Å². The van der Waals surface area contributed by atoms with Crippen LogP contribution in [0.3, 0.4) is 0 Å². The predicted molar refractivity (Wildman–Crippen MR) is 114 cm³/mol. The van der Waals surface area contributed by atoms with Gasteiger partial charge in [-0.15, -0.1) is 0 Å². The summed E-state index contributed by atoms with van der Waals surface area (Å²) in [4.78, 5) is 24.6. The number of methoxy groups -OCH3 is 1. The van der Waals surface area contributed by atoms with Crippen LogP contribution in [0.5, 0.6) is 5.75 Å². The van der Waals surface area contributed by atoms with E-state index in [0.29, 0.717) is 35.8 Å². The maximum Gasteiger partial charge on any atom is 0.305 e. The Hall–Kier alpha value is -2.10. The number of hydrogen-bond acceptors (Lipinski definition) is 4. The maximum atomic E-state index is 13.0. The van der Waals surface area contributed by atoms with Gasteiger partial charge in [-0.2, -0.15) is 0 Å². The first-order valence-electron chi connectivity index (χ1n) is 10.8. The van der Waals surface area contributed by atoms with Gasteiger partial charge in [0.05, 0.1) is 7.11 Å². The summed E-state index contributed by atoms with van der Waals surface area (Å²) in [5.41, 5.74) is 2.03. The SMILES string of the molecule is COC(=O)CCC(C)[C@H]1CCC2C(CCc3cc(O)ccc3C)C=CC(=O)[C@@]21C. The van der Waals surface area contributed by atoms with Crippen LogP contribution >= 0.6 is 0 Å². The van der Waals surface area contributed by atoms with Crippen LogP contribution in [0.1, 0.15) is 57.1 Å². The van der Waals surface area contributed by atoms with Gasteiger partial charge in [0.25, 0.3) is 0 Å². The molecule has 1 aromatic rings. The Bertz CT molecular complexity index is 796. The molecule has 0 bridgehead atoms. The summed E-state index contributed by atoms with van der Waals surface area (Å²) in [6.45, 7) is 6.41. The van der Waals surface area contributed by atoms with Gasteiger partial charge in [0.15, 0.2) is 5.78 Å². The lowest BCUT2D eigenvalue weighted by atomic mass is 9.60. The minimum atomic E-state index is -0.344. The van der Waals surface area contributed by atoms with E-state index in [1.165, 1.54) is 18.2 Å². The first-order valence-corrected chi connectivity index (χ1v) is 10.8. The lowest BCUT2D eigenvalue weighted by Gasteiger charge is -2.43. The van der Waals surface area contributed by atoms with Crippen LogP contribution in [0.2, 0.25) is 0 Å². The number of esters is 1. The van der Waals surface area contributed by atoms with Crippen molar-refractivity contribution in [3.05, 3.63) is 41.5 Å². The number of phenolic OH excluding ortho intramolecular Hbond substituents is 1. The zero-order chi connectivity index (χ0) is 21.2. The molecule has 0 aromatic heterocycles. The molecule has 3 rings (SSSR count). The van der Waals surface area contributed by atoms with Gasteiger partial charge in [0, 0.05) is 11.8 Å². The van der Waals surface area contributed by atoms with Crippen molar-refractivity contribution >= 4 is 11.8 Å². The highest BCUT2D eigenvalue weighted by atomic mass is 16.5. The molecule has 0 aliphatic heterocycles. The lowest BCUT2D eigenvalue weighted by molar-refractivity contribution is -0.141. The Morgan fingerprint density at radius 3 is 2.83 bits per heavy atom. The number of phenols is 1. The number of allylic oxidation sites excluding steroid dienone is 2. The summed E-state index contributed by atoms with van der Waals surface area (Å²) in [6, 6.07) is 5.55. The fraction of sp³-hybridized carbons (Fsp3) is 0.600. The molecular formula is C25H34O4. The quantitative estimate of drug-likeness (QED) is 0.656. The Labute approximate surface area is 174 Å². The minimum absolute atomic E-state index is 0.175. The highest BCUT2D eigenvalue weighted by Gasteiger charge is 2.55. The van der Waals surface area contributed by atoms with E-state index in [0.717, 1.165) is 32.1 Å². The smallest absolute Gasteiger partial charge is 0.305 e. The fourth-order valence-electron chi connectivity index (χ4n) is 5.85. The zero-order valence-electron chi connectivity index (χ0n) is 18.1. The second-order valence-electron chi connectivity index (χ2n) is 9.20. The average Bonchev–Trinajstić information content (AvgIpc) is 3.07. The van der Waals surface area contributed by atoms with Gasteiger partial charge < -0.3 is 9.84 Å². The monoisotopic (exact) mass is 398 g/mol. The van der Waals surface area contributed by atoms with Crippen molar-refractivity contribution in [2.45, 2.75) is 59.3 Å². The second kappa shape index (κ2) is 8.73. The summed E-state index contributed by atoms with van der Waals surface area (Å²) >= 11 is 0. The van der Waals surface area contributed by atoms with E-state index in [1.54, 1.807) is 6.07 Å². The van der Waals surface area contributed by atoms with Gasteiger partial charge in [0.1, 0.15) is 5.75 Å². The van der Waals surface area contributed by atoms with Crippen LogP contribution in [-0.2, 0) is 20.7 Å². The van der Waals surface area contributed by atoms with Gasteiger partial charge >= 0.3 is 5.97 Å². The molecule has 0 saturated heterocycles. The molecule has 158 valence electrons. The van der Waals surface area contributed by atoms with E-state index in [9.17, 15) is 14.7 Å². The van der Waals surface area contributed by atoms with Crippen molar-refractivity contribution in [2.24, 2.45) is 29.1 Å². The average molecular weight is 399 g/mol. The Balaban J connectivity index is 1.72. The van der Waals surface area contributed by atoms with Crippen LogP contribution in [-0.4, -0.2) is 24.0 Å². The van der Waals surface area contributed by atoms with Crippen molar-refractivity contribution in [1.82, 2.24) is 0 Å². The van der Waals surface area contributed by atoms with E-state index >= 15 is 0 Å². The molecule has 0 radical (unpaired) electrons. The number of aromatic hydroxyl groups is 1. The molecule has 1 N–H and O–H groups in total. The highest BCUT2D eigenvalue weighted by Crippen LogP contribution is 2.57. The van der Waals surface area contributed by atoms with Crippen molar-refractivity contribution in [3.63, 3.8) is 0 Å². The molecule has 4 nitrogen and oxygen atoms in total. The molecule has 1 fully saturated rings. The molecule has 4 heteroatoms. The second-order valence-corrected chi connectivity index (χ2v) is 9.20. The standard InChI is InChI=1S/C25H34O4/c1-16-5-10-20(26)15-19(16)8-7-18-9-13-23(27)25(3)21(11-12-22(18)25)17(2)6-14-24(28)29-4/h5,9-10,13,15,17-18,21-22,26H,6-8,11-12,14H2,1-4H3/t17?,18?,21-,22?,25-/m1/s1. The molecular weight excluding hydrogens is 364 g/mol. The van der Waals surface area contributed by atoms with Crippen molar-refractivity contribution in [1.29, 1.82) is 0 Å². The number of ether oxygens (including phenoxy) is 1. The van der Waals surface area contributed by atoms with Crippen LogP contribution in [0.15, 0.2) is 30.4 Å². The Kier molecular flexibility index (Phi) is 6.50. The third kappa shape index (κ3) is 4.26. The van der Waals surface area contributed by atoms with Crippen molar-refractivity contribution in [3.8, 4) is 5.75 Å². The highest BCUT2D eigenvalue weighted by molar-refractivity contribution is 5.96. The van der Waals surface area contributed by atoms with E-state index in [2.05, 4.69) is 26.8 Å². The summed E-state index contributed by atoms with van der Waals surface area (Å²) in [5, 5.41) is 9.81. The Morgan fingerprint density at radius 1 is 1.34 bits per heavy atom. The predicted octanol–water partition coefficient (Wildman–Crippen LogP) is 5.01. The van der Waals surface area contributed by atoms with Gasteiger partial charge in [-0.3, -0.25) is 9.59 Å². The zero-order valence-corrected chi connectivity index (χ0v) is 18.1. The van der Waals surface area contributed by atoms with Gasteiger partial charge in [0.2, 0.25) is 0 Å². The number of rotatable bonds is 7. The first-order chi connectivity index (χ1) is 13.8. The first kappa shape index (κ1) is 21.6. The van der Waals surface area contributed by atoms with E-state index < -0.39 is 0 Å². The van der Waals surface area contributed by atoms with Gasteiger partial charge in [-0.25, -0.2) is 0 Å². The summed E-state index contributed by atoms with van der Waals surface area (Å²) < 4.78 is 4.79. The molecule has 2 aliphatic rings. The molecule has 29 heavy (non-hydrogen) atoms. The number of carbonyl (C=O) groups is 2. The maximum absolute atomic E-state index is 13.0. The summed E-state index contributed by atoms with van der Waals surface area (Å²) in [6.07, 6.45) is 9.09. The normalized spacial score (nSPS) is 29.5. The number of fused-ring (bicyclic) bond motifs is 1. The van der Waals surface area contributed by atoms with Crippen LogP contribution < -0.4 is 0 Å². The topological polar surface area (TPSA) is 63.6 Å². The summed E-state index contributed by atoms with van der Waals surface area (Å²) in [5.74, 6) is 1.73. The molecule has 2 aliphatic carbocycles. The number of aryl methyl sites for hydroxylation is 2. The Morgan fingerprint density at radius 2 is 2.10 bits per heavy atom. The summed E-state index contributed by atoms with van der Waals surface area (Å²) in [7, 11) is 1.42. The van der Waals surface area contributed by atoms with Crippen LogP contribution in [0.4, 0.5) is 0 Å².